The average molecular weight is 369 g/mol. The molecule has 2 aromatic rings. The van der Waals surface area contributed by atoms with E-state index in [1.165, 1.54) is 17.0 Å². The Balaban J connectivity index is 1.45. The number of hydrogen-bond acceptors (Lipinski definition) is 6. The molecule has 0 aliphatic carbocycles. The van der Waals surface area contributed by atoms with Crippen LogP contribution in [0, 0.1) is 5.82 Å². The number of anilines is 2. The van der Waals surface area contributed by atoms with Crippen molar-refractivity contribution in [2.75, 3.05) is 16.3 Å². The van der Waals surface area contributed by atoms with E-state index in [0.717, 1.165) is 5.56 Å². The van der Waals surface area contributed by atoms with Crippen LogP contribution in [0.5, 0.6) is 0 Å². The number of cyclic esters (lactones) is 1. The van der Waals surface area contributed by atoms with E-state index in [1.54, 1.807) is 34.2 Å². The predicted octanol–water partition coefficient (Wildman–Crippen LogP) is 1.66. The Labute approximate surface area is 153 Å². The first-order chi connectivity index (χ1) is 13.1. The number of benzene rings is 1. The molecule has 0 spiro atoms. The number of aromatic nitrogens is 3. The molecule has 3 aliphatic rings. The Hall–Kier alpha value is -3.23. The molecule has 138 valence electrons. The van der Waals surface area contributed by atoms with Gasteiger partial charge in [-0.25, -0.2) is 13.9 Å². The van der Waals surface area contributed by atoms with Gasteiger partial charge in [-0.2, -0.15) is 0 Å². The number of ketones is 1. The molecule has 0 saturated carbocycles. The lowest BCUT2D eigenvalue weighted by Gasteiger charge is -2.24. The summed E-state index contributed by atoms with van der Waals surface area (Å²) in [5.41, 5.74) is 1.85. The third-order valence-corrected chi connectivity index (χ3v) is 5.23. The van der Waals surface area contributed by atoms with Crippen LogP contribution in [0.4, 0.5) is 20.6 Å². The topological polar surface area (TPSA) is 80.6 Å². The first-order valence-electron chi connectivity index (χ1n) is 8.74. The highest BCUT2D eigenvalue weighted by Gasteiger charge is 2.48. The molecule has 4 heterocycles. The average Bonchev–Trinajstić information content (AvgIpc) is 3.34. The molecule has 0 N–H and O–H groups in total. The minimum Gasteiger partial charge on any atom is -0.442 e. The van der Waals surface area contributed by atoms with Gasteiger partial charge in [0.15, 0.2) is 5.78 Å². The van der Waals surface area contributed by atoms with Crippen molar-refractivity contribution in [3.63, 3.8) is 0 Å². The Morgan fingerprint density at radius 1 is 1.26 bits per heavy atom. The second-order valence-electron chi connectivity index (χ2n) is 6.85. The standard InChI is InChI=1S/C18H16FN5O3/c19-13-9-14-11(7-15(13)22-4-1-12(25)2-5-22)8-16-17(27-18(26)24(14)16)10-23-6-3-20-21-23/h1,3-4,6-7,9,16-17H,2,5,8,10H2/t16-,17-/m0/s1. The zero-order chi connectivity index (χ0) is 18.5. The summed E-state index contributed by atoms with van der Waals surface area (Å²) in [6.45, 7) is 0.836. The van der Waals surface area contributed by atoms with Gasteiger partial charge in [0, 0.05) is 31.4 Å². The van der Waals surface area contributed by atoms with Gasteiger partial charge in [-0.1, -0.05) is 5.21 Å². The maximum Gasteiger partial charge on any atom is 0.415 e. The van der Waals surface area contributed by atoms with E-state index in [0.29, 0.717) is 37.3 Å². The van der Waals surface area contributed by atoms with Crippen molar-refractivity contribution in [2.24, 2.45) is 0 Å². The maximum atomic E-state index is 14.8. The van der Waals surface area contributed by atoms with E-state index in [-0.39, 0.29) is 17.9 Å². The van der Waals surface area contributed by atoms with Crippen LogP contribution in [-0.4, -0.2) is 45.6 Å². The number of hydrogen-bond donors (Lipinski definition) is 0. The van der Waals surface area contributed by atoms with Crippen LogP contribution in [0.3, 0.4) is 0 Å². The predicted molar refractivity (Wildman–Crippen MR) is 92.8 cm³/mol. The Bertz CT molecular complexity index is 958. The molecular weight excluding hydrogens is 353 g/mol. The molecule has 1 fully saturated rings. The van der Waals surface area contributed by atoms with Gasteiger partial charge in [0.25, 0.3) is 0 Å². The molecule has 1 amide bonds. The number of rotatable bonds is 3. The van der Waals surface area contributed by atoms with Crippen LogP contribution >= 0.6 is 0 Å². The Morgan fingerprint density at radius 2 is 2.15 bits per heavy atom. The molecule has 27 heavy (non-hydrogen) atoms. The number of carbonyl (C=O) groups is 2. The first-order valence-corrected chi connectivity index (χ1v) is 8.74. The number of amides is 1. The van der Waals surface area contributed by atoms with Gasteiger partial charge in [-0.05, 0) is 24.1 Å². The Morgan fingerprint density at radius 3 is 2.89 bits per heavy atom. The van der Waals surface area contributed by atoms with Crippen molar-refractivity contribution in [1.29, 1.82) is 0 Å². The molecular formula is C18H16FN5O3. The minimum atomic E-state index is -0.473. The molecule has 1 aromatic carbocycles. The van der Waals surface area contributed by atoms with Gasteiger partial charge in [-0.15, -0.1) is 5.10 Å². The molecule has 0 unspecified atom stereocenters. The third-order valence-electron chi connectivity index (χ3n) is 5.23. The lowest BCUT2D eigenvalue weighted by Crippen LogP contribution is -2.35. The van der Waals surface area contributed by atoms with Gasteiger partial charge in [0.2, 0.25) is 0 Å². The molecule has 8 nitrogen and oxygen atoms in total. The summed E-state index contributed by atoms with van der Waals surface area (Å²) in [4.78, 5) is 27.0. The van der Waals surface area contributed by atoms with Gasteiger partial charge in [0.05, 0.1) is 30.2 Å². The summed E-state index contributed by atoms with van der Waals surface area (Å²) in [6.07, 6.45) is 6.41. The van der Waals surface area contributed by atoms with Crippen molar-refractivity contribution < 1.29 is 18.7 Å². The molecule has 9 heteroatoms. The zero-order valence-electron chi connectivity index (χ0n) is 14.3. The van der Waals surface area contributed by atoms with E-state index in [9.17, 15) is 14.0 Å². The van der Waals surface area contributed by atoms with Crippen LogP contribution in [0.2, 0.25) is 0 Å². The van der Waals surface area contributed by atoms with Crippen LogP contribution < -0.4 is 9.80 Å². The second-order valence-corrected chi connectivity index (χ2v) is 6.85. The smallest absolute Gasteiger partial charge is 0.415 e. The normalized spacial score (nSPS) is 23.6. The summed E-state index contributed by atoms with van der Waals surface area (Å²) >= 11 is 0. The zero-order valence-corrected chi connectivity index (χ0v) is 14.3. The lowest BCUT2D eigenvalue weighted by atomic mass is 10.0. The molecule has 3 aliphatic heterocycles. The Kier molecular flexibility index (Phi) is 3.49. The van der Waals surface area contributed by atoms with Crippen molar-refractivity contribution in [3.8, 4) is 0 Å². The highest BCUT2D eigenvalue weighted by atomic mass is 19.1. The molecule has 1 saturated heterocycles. The number of nitrogens with zero attached hydrogens (tertiary/aromatic N) is 5. The van der Waals surface area contributed by atoms with Crippen LogP contribution in [0.15, 0.2) is 36.8 Å². The fraction of sp³-hybridized carbons (Fsp3) is 0.333. The first kappa shape index (κ1) is 16.0. The summed E-state index contributed by atoms with van der Waals surface area (Å²) in [7, 11) is 0. The van der Waals surface area contributed by atoms with Crippen LogP contribution in [0.1, 0.15) is 12.0 Å². The maximum absolute atomic E-state index is 14.8. The van der Waals surface area contributed by atoms with Crippen LogP contribution in [-0.2, 0) is 22.5 Å². The summed E-state index contributed by atoms with van der Waals surface area (Å²) in [5, 5.41) is 7.68. The van der Waals surface area contributed by atoms with Crippen molar-refractivity contribution in [2.45, 2.75) is 31.5 Å². The number of allylic oxidation sites excluding steroid dienone is 1. The van der Waals surface area contributed by atoms with Crippen molar-refractivity contribution in [3.05, 3.63) is 48.2 Å². The fourth-order valence-electron chi connectivity index (χ4n) is 3.93. The lowest BCUT2D eigenvalue weighted by molar-refractivity contribution is -0.114. The van der Waals surface area contributed by atoms with E-state index in [1.807, 2.05) is 0 Å². The quantitative estimate of drug-likeness (QED) is 0.819. The monoisotopic (exact) mass is 369 g/mol. The minimum absolute atomic E-state index is 0.0344. The van der Waals surface area contributed by atoms with Gasteiger partial charge in [-0.3, -0.25) is 9.69 Å². The third kappa shape index (κ3) is 2.57. The van der Waals surface area contributed by atoms with Crippen molar-refractivity contribution >= 4 is 23.3 Å². The van der Waals surface area contributed by atoms with Gasteiger partial charge < -0.3 is 9.64 Å². The fourth-order valence-corrected chi connectivity index (χ4v) is 3.93. The molecule has 0 radical (unpaired) electrons. The molecule has 5 rings (SSSR count). The second kappa shape index (κ2) is 5.90. The number of carbonyl (C=O) groups excluding carboxylic acids is 2. The molecule has 0 bridgehead atoms. The molecule has 1 aromatic heterocycles. The molecule has 2 atom stereocenters. The summed E-state index contributed by atoms with van der Waals surface area (Å²) < 4.78 is 21.8. The van der Waals surface area contributed by atoms with Gasteiger partial charge in [0.1, 0.15) is 11.9 Å². The van der Waals surface area contributed by atoms with E-state index < -0.39 is 11.9 Å². The van der Waals surface area contributed by atoms with E-state index in [2.05, 4.69) is 10.3 Å². The van der Waals surface area contributed by atoms with Crippen molar-refractivity contribution in [1.82, 2.24) is 15.0 Å². The van der Waals surface area contributed by atoms with E-state index >= 15 is 0 Å². The summed E-state index contributed by atoms with van der Waals surface area (Å²) in [6, 6.07) is 2.95. The highest BCUT2D eigenvalue weighted by Crippen LogP contribution is 2.42. The van der Waals surface area contributed by atoms with Crippen LogP contribution in [0.25, 0.3) is 0 Å². The highest BCUT2D eigenvalue weighted by molar-refractivity contribution is 5.95. The number of halogens is 1. The number of fused-ring (bicyclic) bond motifs is 3. The largest absolute Gasteiger partial charge is 0.442 e. The SMILES string of the molecule is O=C1C=CN(c2cc3c(cc2F)N2C(=O)O[C@@H](Cn4ccnn4)[C@@H]2C3)CC1. The summed E-state index contributed by atoms with van der Waals surface area (Å²) in [5.74, 6) is -0.395. The van der Waals surface area contributed by atoms with Gasteiger partial charge >= 0.3 is 6.09 Å². The number of ether oxygens (including phenoxy) is 1. The van der Waals surface area contributed by atoms with E-state index in [4.69, 9.17) is 4.74 Å².